The number of fused-ring (bicyclic) bond motifs is 1. The van der Waals surface area contributed by atoms with Gasteiger partial charge in [-0.2, -0.15) is 0 Å². The van der Waals surface area contributed by atoms with Crippen molar-refractivity contribution in [2.75, 3.05) is 13.1 Å². The fourth-order valence-electron chi connectivity index (χ4n) is 3.58. The SMILES string of the molecule is CC(C)OCc1ccc(C(=O)N2CCC(c3nc4ccccc4s3)CC2)cc1. The first-order valence-corrected chi connectivity index (χ1v) is 10.8. The van der Waals surface area contributed by atoms with Gasteiger partial charge in [0.25, 0.3) is 5.91 Å². The Morgan fingerprint density at radius 2 is 1.86 bits per heavy atom. The summed E-state index contributed by atoms with van der Waals surface area (Å²) in [7, 11) is 0. The van der Waals surface area contributed by atoms with E-state index in [4.69, 9.17) is 9.72 Å². The largest absolute Gasteiger partial charge is 0.374 e. The highest BCUT2D eigenvalue weighted by Gasteiger charge is 2.26. The van der Waals surface area contributed by atoms with Gasteiger partial charge in [-0.1, -0.05) is 24.3 Å². The molecule has 0 unspecified atom stereocenters. The fraction of sp³-hybridized carbons (Fsp3) is 0.391. The molecule has 3 aromatic rings. The van der Waals surface area contributed by atoms with Crippen LogP contribution < -0.4 is 0 Å². The minimum Gasteiger partial charge on any atom is -0.374 e. The zero-order valence-corrected chi connectivity index (χ0v) is 17.2. The van der Waals surface area contributed by atoms with Crippen molar-refractivity contribution in [3.05, 3.63) is 64.7 Å². The quantitative estimate of drug-likeness (QED) is 0.594. The number of amides is 1. The van der Waals surface area contributed by atoms with Crippen LogP contribution in [-0.2, 0) is 11.3 Å². The van der Waals surface area contributed by atoms with Gasteiger partial charge in [0.05, 0.1) is 27.9 Å². The second-order valence-corrected chi connectivity index (χ2v) is 8.71. The molecule has 0 atom stereocenters. The molecular formula is C23H26N2O2S. The molecule has 1 aliphatic rings. The number of nitrogens with zero attached hydrogens (tertiary/aromatic N) is 2. The molecule has 1 aromatic heterocycles. The average Bonchev–Trinajstić information content (AvgIpc) is 3.16. The second-order valence-electron chi connectivity index (χ2n) is 7.64. The molecule has 146 valence electrons. The summed E-state index contributed by atoms with van der Waals surface area (Å²) < 4.78 is 6.87. The van der Waals surface area contributed by atoms with Crippen LogP contribution in [0.5, 0.6) is 0 Å². The molecule has 0 spiro atoms. The Hall–Kier alpha value is -2.24. The number of aromatic nitrogens is 1. The summed E-state index contributed by atoms with van der Waals surface area (Å²) in [4.78, 5) is 19.6. The minimum atomic E-state index is 0.124. The van der Waals surface area contributed by atoms with Crippen molar-refractivity contribution in [3.8, 4) is 0 Å². The van der Waals surface area contributed by atoms with Gasteiger partial charge < -0.3 is 9.64 Å². The molecule has 0 N–H and O–H groups in total. The zero-order valence-electron chi connectivity index (χ0n) is 16.4. The van der Waals surface area contributed by atoms with Gasteiger partial charge in [0.1, 0.15) is 0 Å². The monoisotopic (exact) mass is 394 g/mol. The molecule has 5 heteroatoms. The van der Waals surface area contributed by atoms with Gasteiger partial charge in [-0.25, -0.2) is 4.98 Å². The molecule has 1 fully saturated rings. The first kappa shape index (κ1) is 19.1. The Kier molecular flexibility index (Phi) is 5.74. The average molecular weight is 395 g/mol. The number of para-hydroxylation sites is 1. The van der Waals surface area contributed by atoms with Crippen LogP contribution in [0.1, 0.15) is 53.5 Å². The van der Waals surface area contributed by atoms with E-state index in [0.717, 1.165) is 42.6 Å². The minimum absolute atomic E-state index is 0.124. The van der Waals surface area contributed by atoms with Crippen LogP contribution in [0.3, 0.4) is 0 Å². The third-order valence-electron chi connectivity index (χ3n) is 5.23. The van der Waals surface area contributed by atoms with Crippen LogP contribution in [0.4, 0.5) is 0 Å². The van der Waals surface area contributed by atoms with E-state index in [0.29, 0.717) is 12.5 Å². The Morgan fingerprint density at radius 3 is 2.54 bits per heavy atom. The van der Waals surface area contributed by atoms with E-state index in [9.17, 15) is 4.79 Å². The summed E-state index contributed by atoms with van der Waals surface area (Å²) in [6.07, 6.45) is 2.16. The highest BCUT2D eigenvalue weighted by Crippen LogP contribution is 2.34. The van der Waals surface area contributed by atoms with Gasteiger partial charge in [0, 0.05) is 24.6 Å². The number of piperidine rings is 1. The third-order valence-corrected chi connectivity index (χ3v) is 6.42. The number of benzene rings is 2. The number of likely N-dealkylation sites (tertiary alicyclic amines) is 1. The maximum atomic E-state index is 12.8. The zero-order chi connectivity index (χ0) is 19.5. The molecule has 0 bridgehead atoms. The van der Waals surface area contributed by atoms with Crippen LogP contribution in [0.15, 0.2) is 48.5 Å². The Bertz CT molecular complexity index is 908. The molecule has 0 radical (unpaired) electrons. The molecule has 0 aliphatic carbocycles. The molecule has 28 heavy (non-hydrogen) atoms. The molecule has 1 amide bonds. The Labute approximate surface area is 170 Å². The van der Waals surface area contributed by atoms with E-state index < -0.39 is 0 Å². The van der Waals surface area contributed by atoms with E-state index >= 15 is 0 Å². The lowest BCUT2D eigenvalue weighted by molar-refractivity contribution is 0.0654. The van der Waals surface area contributed by atoms with Gasteiger partial charge in [0.2, 0.25) is 0 Å². The van der Waals surface area contributed by atoms with Gasteiger partial charge in [0.15, 0.2) is 0 Å². The molecule has 0 saturated carbocycles. The smallest absolute Gasteiger partial charge is 0.253 e. The summed E-state index contributed by atoms with van der Waals surface area (Å²) >= 11 is 1.79. The topological polar surface area (TPSA) is 42.4 Å². The number of hydrogen-bond acceptors (Lipinski definition) is 4. The van der Waals surface area contributed by atoms with Gasteiger partial charge in [-0.05, 0) is 56.5 Å². The van der Waals surface area contributed by atoms with Crippen molar-refractivity contribution < 1.29 is 9.53 Å². The molecule has 2 aromatic carbocycles. The molecular weight excluding hydrogens is 368 g/mol. The number of thiazole rings is 1. The van der Waals surface area contributed by atoms with Crippen molar-refractivity contribution >= 4 is 27.5 Å². The molecule has 2 heterocycles. The number of carbonyl (C=O) groups is 1. The lowest BCUT2D eigenvalue weighted by Crippen LogP contribution is -2.37. The number of ether oxygens (including phenoxy) is 1. The van der Waals surface area contributed by atoms with Crippen LogP contribution in [0.2, 0.25) is 0 Å². The first-order chi connectivity index (χ1) is 13.6. The molecule has 4 rings (SSSR count). The van der Waals surface area contributed by atoms with Crippen molar-refractivity contribution in [1.82, 2.24) is 9.88 Å². The Balaban J connectivity index is 1.35. The van der Waals surface area contributed by atoms with Gasteiger partial charge in [-0.15, -0.1) is 11.3 Å². The summed E-state index contributed by atoms with van der Waals surface area (Å²) in [5.41, 5.74) is 2.94. The van der Waals surface area contributed by atoms with E-state index in [2.05, 4.69) is 18.2 Å². The highest BCUT2D eigenvalue weighted by atomic mass is 32.1. The summed E-state index contributed by atoms with van der Waals surface area (Å²) in [5.74, 6) is 0.580. The van der Waals surface area contributed by atoms with Crippen LogP contribution in [-0.4, -0.2) is 35.0 Å². The van der Waals surface area contributed by atoms with E-state index in [1.165, 1.54) is 9.71 Å². The van der Waals surface area contributed by atoms with Gasteiger partial charge in [-0.3, -0.25) is 4.79 Å². The van der Waals surface area contributed by atoms with Crippen molar-refractivity contribution in [1.29, 1.82) is 0 Å². The normalized spacial score (nSPS) is 15.5. The number of rotatable bonds is 5. The van der Waals surface area contributed by atoms with Crippen molar-refractivity contribution in [2.24, 2.45) is 0 Å². The van der Waals surface area contributed by atoms with Crippen LogP contribution in [0.25, 0.3) is 10.2 Å². The lowest BCUT2D eigenvalue weighted by Gasteiger charge is -2.31. The highest BCUT2D eigenvalue weighted by molar-refractivity contribution is 7.18. The van der Waals surface area contributed by atoms with E-state index in [1.54, 1.807) is 11.3 Å². The summed E-state index contributed by atoms with van der Waals surface area (Å²) in [6, 6.07) is 16.1. The molecule has 1 aliphatic heterocycles. The van der Waals surface area contributed by atoms with Crippen molar-refractivity contribution in [2.45, 2.75) is 45.3 Å². The second kappa shape index (κ2) is 8.41. The number of carbonyl (C=O) groups excluding carboxylic acids is 1. The predicted octanol–water partition coefficient (Wildman–Crippen LogP) is 5.24. The summed E-state index contributed by atoms with van der Waals surface area (Å²) in [6.45, 7) is 6.21. The maximum Gasteiger partial charge on any atom is 0.253 e. The van der Waals surface area contributed by atoms with E-state index in [1.807, 2.05) is 49.1 Å². The number of hydrogen-bond donors (Lipinski definition) is 0. The first-order valence-electron chi connectivity index (χ1n) is 9.95. The fourth-order valence-corrected chi connectivity index (χ4v) is 4.72. The Morgan fingerprint density at radius 1 is 1.14 bits per heavy atom. The van der Waals surface area contributed by atoms with E-state index in [-0.39, 0.29) is 12.0 Å². The molecule has 1 saturated heterocycles. The maximum absolute atomic E-state index is 12.8. The lowest BCUT2D eigenvalue weighted by atomic mass is 9.97. The summed E-state index contributed by atoms with van der Waals surface area (Å²) in [5, 5.41) is 1.21. The van der Waals surface area contributed by atoms with Crippen LogP contribution >= 0.6 is 11.3 Å². The third kappa shape index (κ3) is 4.26. The predicted molar refractivity (Wildman–Crippen MR) is 114 cm³/mol. The van der Waals surface area contributed by atoms with Crippen molar-refractivity contribution in [3.63, 3.8) is 0 Å². The van der Waals surface area contributed by atoms with Crippen LogP contribution in [0, 0.1) is 0 Å². The molecule has 4 nitrogen and oxygen atoms in total. The van der Waals surface area contributed by atoms with Gasteiger partial charge >= 0.3 is 0 Å². The standard InChI is InChI=1S/C23H26N2O2S/c1-16(2)27-15-17-7-9-19(10-8-17)23(26)25-13-11-18(12-14-25)22-24-20-5-3-4-6-21(20)28-22/h3-10,16,18H,11-15H2,1-2H3.